The maximum absolute atomic E-state index is 12.3. The Morgan fingerprint density at radius 1 is 1.23 bits per heavy atom. The van der Waals surface area contributed by atoms with Crippen molar-refractivity contribution in [2.24, 2.45) is 0 Å². The monoisotopic (exact) mass is 348 g/mol. The van der Waals surface area contributed by atoms with Gasteiger partial charge in [-0.1, -0.05) is 17.7 Å². The zero-order valence-corrected chi connectivity index (χ0v) is 14.4. The third-order valence-corrected chi connectivity index (χ3v) is 5.54. The molecule has 0 aliphatic rings. The number of nitrogens with zero attached hydrogens (tertiary/aromatic N) is 1. The fourth-order valence-electron chi connectivity index (χ4n) is 1.91. The number of anilines is 1. The van der Waals surface area contributed by atoms with Crippen molar-refractivity contribution in [3.63, 3.8) is 0 Å². The SMILES string of the molecule is Cc1ccc(-c2nc(C(=O)Nc3ccc(C)c(Cl)c3)cs2)s1. The molecule has 0 saturated heterocycles. The number of hydrogen-bond donors (Lipinski definition) is 1. The molecular formula is C16H13ClN2OS2. The zero-order chi connectivity index (χ0) is 15.7. The summed E-state index contributed by atoms with van der Waals surface area (Å²) in [6.07, 6.45) is 0. The van der Waals surface area contributed by atoms with E-state index < -0.39 is 0 Å². The van der Waals surface area contributed by atoms with E-state index in [9.17, 15) is 4.79 Å². The molecule has 0 saturated carbocycles. The molecular weight excluding hydrogens is 336 g/mol. The number of halogens is 1. The highest BCUT2D eigenvalue weighted by Crippen LogP contribution is 2.30. The molecule has 3 aromatic rings. The first-order valence-corrected chi connectivity index (χ1v) is 8.70. The number of rotatable bonds is 3. The molecule has 2 heterocycles. The Balaban J connectivity index is 1.78. The molecule has 0 aliphatic heterocycles. The Kier molecular flexibility index (Phi) is 4.29. The molecule has 0 atom stereocenters. The van der Waals surface area contributed by atoms with Crippen molar-refractivity contribution >= 4 is 45.9 Å². The van der Waals surface area contributed by atoms with Crippen LogP contribution in [0.2, 0.25) is 5.02 Å². The normalized spacial score (nSPS) is 10.7. The van der Waals surface area contributed by atoms with Gasteiger partial charge in [0.2, 0.25) is 0 Å². The minimum Gasteiger partial charge on any atom is -0.321 e. The second-order valence-electron chi connectivity index (χ2n) is 4.87. The van der Waals surface area contributed by atoms with E-state index >= 15 is 0 Å². The Labute approximate surface area is 141 Å². The first-order chi connectivity index (χ1) is 10.5. The first-order valence-electron chi connectivity index (χ1n) is 6.63. The number of hydrogen-bond acceptors (Lipinski definition) is 4. The van der Waals surface area contributed by atoms with Crippen LogP contribution in [0, 0.1) is 13.8 Å². The van der Waals surface area contributed by atoms with Crippen molar-refractivity contribution in [2.75, 3.05) is 5.32 Å². The van der Waals surface area contributed by atoms with Gasteiger partial charge in [0.15, 0.2) is 0 Å². The third-order valence-electron chi connectivity index (χ3n) is 3.12. The lowest BCUT2D eigenvalue weighted by Gasteiger charge is -2.05. The standard InChI is InChI=1S/C16H13ClN2OS2/c1-9-3-5-11(7-12(9)17)18-15(20)13-8-21-16(19-13)14-6-4-10(2)22-14/h3-8H,1-2H3,(H,18,20). The molecule has 0 spiro atoms. The lowest BCUT2D eigenvalue weighted by molar-refractivity contribution is 0.102. The third kappa shape index (κ3) is 3.21. The fourth-order valence-corrected chi connectivity index (χ4v) is 3.83. The van der Waals surface area contributed by atoms with Crippen LogP contribution in [0.1, 0.15) is 20.9 Å². The van der Waals surface area contributed by atoms with Gasteiger partial charge in [-0.3, -0.25) is 4.79 Å². The summed E-state index contributed by atoms with van der Waals surface area (Å²) in [5, 5.41) is 6.09. The molecule has 0 aliphatic carbocycles. The highest BCUT2D eigenvalue weighted by atomic mass is 35.5. The average Bonchev–Trinajstić information content (AvgIpc) is 3.11. The molecule has 3 nitrogen and oxygen atoms in total. The lowest BCUT2D eigenvalue weighted by atomic mass is 10.2. The number of thiophene rings is 1. The van der Waals surface area contributed by atoms with Crippen LogP contribution in [-0.2, 0) is 0 Å². The molecule has 0 bridgehead atoms. The minimum atomic E-state index is -0.226. The van der Waals surface area contributed by atoms with Gasteiger partial charge in [-0.2, -0.15) is 0 Å². The van der Waals surface area contributed by atoms with Gasteiger partial charge >= 0.3 is 0 Å². The zero-order valence-electron chi connectivity index (χ0n) is 12.0. The van der Waals surface area contributed by atoms with Crippen LogP contribution >= 0.6 is 34.3 Å². The number of amides is 1. The summed E-state index contributed by atoms with van der Waals surface area (Å²) >= 11 is 9.21. The van der Waals surface area contributed by atoms with Crippen LogP contribution in [0.4, 0.5) is 5.69 Å². The van der Waals surface area contributed by atoms with Gasteiger partial charge in [0, 0.05) is 21.0 Å². The number of nitrogens with one attached hydrogen (secondary N) is 1. The number of aromatic nitrogens is 1. The molecule has 1 aromatic carbocycles. The van der Waals surface area contributed by atoms with Gasteiger partial charge in [0.1, 0.15) is 10.7 Å². The van der Waals surface area contributed by atoms with E-state index in [0.29, 0.717) is 16.4 Å². The molecule has 3 rings (SSSR count). The molecule has 6 heteroatoms. The minimum absolute atomic E-state index is 0.226. The number of carbonyl (C=O) groups excluding carboxylic acids is 1. The van der Waals surface area contributed by atoms with Crippen molar-refractivity contribution in [1.29, 1.82) is 0 Å². The summed E-state index contributed by atoms with van der Waals surface area (Å²) in [6.45, 7) is 3.97. The Morgan fingerprint density at radius 3 is 2.73 bits per heavy atom. The Bertz CT molecular complexity index is 838. The smallest absolute Gasteiger partial charge is 0.275 e. The van der Waals surface area contributed by atoms with E-state index in [0.717, 1.165) is 15.4 Å². The summed E-state index contributed by atoms with van der Waals surface area (Å²) in [5.41, 5.74) is 2.06. The number of aryl methyl sites for hydroxylation is 2. The summed E-state index contributed by atoms with van der Waals surface area (Å²) in [5.74, 6) is -0.226. The predicted octanol–water partition coefficient (Wildman–Crippen LogP) is 5.39. The van der Waals surface area contributed by atoms with Gasteiger partial charge in [-0.05, 0) is 43.7 Å². The lowest BCUT2D eigenvalue weighted by Crippen LogP contribution is -2.12. The van der Waals surface area contributed by atoms with Gasteiger partial charge in [-0.25, -0.2) is 4.98 Å². The summed E-state index contributed by atoms with van der Waals surface area (Å²) in [7, 11) is 0. The van der Waals surface area contributed by atoms with Crippen molar-refractivity contribution < 1.29 is 4.79 Å². The highest BCUT2D eigenvalue weighted by Gasteiger charge is 2.13. The Hall–Kier alpha value is -1.69. The number of benzene rings is 1. The van der Waals surface area contributed by atoms with Crippen LogP contribution < -0.4 is 5.32 Å². The van der Waals surface area contributed by atoms with Crippen molar-refractivity contribution in [3.05, 3.63) is 56.9 Å². The van der Waals surface area contributed by atoms with Gasteiger partial charge in [0.05, 0.1) is 4.88 Å². The molecule has 22 heavy (non-hydrogen) atoms. The number of carbonyl (C=O) groups is 1. The number of thiazole rings is 1. The van der Waals surface area contributed by atoms with Crippen LogP contribution in [-0.4, -0.2) is 10.9 Å². The molecule has 112 valence electrons. The topological polar surface area (TPSA) is 42.0 Å². The van der Waals surface area contributed by atoms with E-state index in [1.165, 1.54) is 16.2 Å². The van der Waals surface area contributed by atoms with Gasteiger partial charge in [0.25, 0.3) is 5.91 Å². The average molecular weight is 349 g/mol. The summed E-state index contributed by atoms with van der Waals surface area (Å²) < 4.78 is 0. The van der Waals surface area contributed by atoms with E-state index in [1.54, 1.807) is 22.8 Å². The van der Waals surface area contributed by atoms with Crippen LogP contribution in [0.25, 0.3) is 9.88 Å². The van der Waals surface area contributed by atoms with Crippen molar-refractivity contribution in [2.45, 2.75) is 13.8 Å². The molecule has 0 fully saturated rings. The quantitative estimate of drug-likeness (QED) is 0.689. The van der Waals surface area contributed by atoms with Gasteiger partial charge in [-0.15, -0.1) is 22.7 Å². The van der Waals surface area contributed by atoms with Crippen molar-refractivity contribution in [3.8, 4) is 9.88 Å². The summed E-state index contributed by atoms with van der Waals surface area (Å²) in [6, 6.07) is 9.52. The van der Waals surface area contributed by atoms with Crippen LogP contribution in [0.15, 0.2) is 35.7 Å². The van der Waals surface area contributed by atoms with Crippen LogP contribution in [0.3, 0.4) is 0 Å². The van der Waals surface area contributed by atoms with E-state index in [-0.39, 0.29) is 5.91 Å². The van der Waals surface area contributed by atoms with E-state index in [4.69, 9.17) is 11.6 Å². The Morgan fingerprint density at radius 2 is 2.05 bits per heavy atom. The highest BCUT2D eigenvalue weighted by molar-refractivity contribution is 7.21. The van der Waals surface area contributed by atoms with Gasteiger partial charge < -0.3 is 5.32 Å². The largest absolute Gasteiger partial charge is 0.321 e. The summed E-state index contributed by atoms with van der Waals surface area (Å²) in [4.78, 5) is 19.0. The molecule has 0 unspecified atom stereocenters. The molecule has 2 aromatic heterocycles. The van der Waals surface area contributed by atoms with Crippen molar-refractivity contribution in [1.82, 2.24) is 4.98 Å². The molecule has 1 N–H and O–H groups in total. The maximum Gasteiger partial charge on any atom is 0.275 e. The maximum atomic E-state index is 12.3. The molecule has 1 amide bonds. The predicted molar refractivity (Wildman–Crippen MR) is 94.3 cm³/mol. The second-order valence-corrected chi connectivity index (χ2v) is 7.42. The van der Waals surface area contributed by atoms with E-state index in [2.05, 4.69) is 23.3 Å². The fraction of sp³-hybridized carbons (Fsp3) is 0.125. The second kappa shape index (κ2) is 6.20. The van der Waals surface area contributed by atoms with Crippen LogP contribution in [0.5, 0.6) is 0 Å². The first kappa shape index (κ1) is 15.2. The molecule has 0 radical (unpaired) electrons. The van der Waals surface area contributed by atoms with E-state index in [1.807, 2.05) is 25.1 Å².